The summed E-state index contributed by atoms with van der Waals surface area (Å²) in [6.45, 7) is 4.49. The first-order chi connectivity index (χ1) is 14.1. The molecule has 2 saturated carbocycles. The molecule has 0 aromatic rings. The van der Waals surface area contributed by atoms with Gasteiger partial charge in [0.1, 0.15) is 6.10 Å². The highest BCUT2D eigenvalue weighted by atomic mass is 16.5. The van der Waals surface area contributed by atoms with Crippen LogP contribution in [-0.4, -0.2) is 12.1 Å². The number of rotatable bonds is 12. The third kappa shape index (κ3) is 8.31. The highest BCUT2D eigenvalue weighted by Crippen LogP contribution is 2.41. The fourth-order valence-electron chi connectivity index (χ4n) is 5.38. The fourth-order valence-corrected chi connectivity index (χ4v) is 5.38. The van der Waals surface area contributed by atoms with Crippen LogP contribution in [0.5, 0.6) is 0 Å². The molecule has 2 rings (SSSR count). The summed E-state index contributed by atoms with van der Waals surface area (Å²) >= 11 is 0. The van der Waals surface area contributed by atoms with Gasteiger partial charge >= 0.3 is 5.97 Å². The van der Waals surface area contributed by atoms with Crippen LogP contribution in [0.25, 0.3) is 0 Å². The Kier molecular flexibility index (Phi) is 11.1. The molecule has 0 aromatic heterocycles. The quantitative estimate of drug-likeness (QED) is 0.247. The molecule has 0 amide bonds. The van der Waals surface area contributed by atoms with Crippen molar-refractivity contribution in [2.45, 2.75) is 136 Å². The minimum Gasteiger partial charge on any atom is -0.462 e. The van der Waals surface area contributed by atoms with Crippen molar-refractivity contribution in [3.8, 4) is 6.07 Å². The molecule has 0 aromatic carbocycles. The minimum atomic E-state index is -0.161. The van der Waals surface area contributed by atoms with Gasteiger partial charge in [-0.05, 0) is 63.7 Å². The smallest absolute Gasteiger partial charge is 0.309 e. The van der Waals surface area contributed by atoms with Crippen LogP contribution in [0.15, 0.2) is 0 Å². The van der Waals surface area contributed by atoms with Crippen LogP contribution in [-0.2, 0) is 9.53 Å². The van der Waals surface area contributed by atoms with Crippen LogP contribution >= 0.6 is 0 Å². The molecule has 166 valence electrons. The van der Waals surface area contributed by atoms with Crippen molar-refractivity contribution in [1.29, 1.82) is 5.26 Å². The number of unbranched alkanes of at least 4 members (excludes halogenated alkanes) is 6. The Bertz CT molecular complexity index is 493. The Labute approximate surface area is 180 Å². The molecule has 0 radical (unpaired) electrons. The van der Waals surface area contributed by atoms with Crippen LogP contribution in [0.2, 0.25) is 0 Å². The Morgan fingerprint density at radius 3 is 2.14 bits per heavy atom. The van der Waals surface area contributed by atoms with Crippen molar-refractivity contribution in [3.05, 3.63) is 0 Å². The molecule has 2 aliphatic rings. The number of hydrogen-bond donors (Lipinski definition) is 0. The van der Waals surface area contributed by atoms with Crippen LogP contribution < -0.4 is 0 Å². The summed E-state index contributed by atoms with van der Waals surface area (Å²) in [6.07, 6.45) is 20.6. The second-order valence-electron chi connectivity index (χ2n) is 9.91. The maximum atomic E-state index is 12.6. The average molecular weight is 404 g/mol. The van der Waals surface area contributed by atoms with Gasteiger partial charge in [-0.25, -0.2) is 0 Å². The van der Waals surface area contributed by atoms with Gasteiger partial charge in [0, 0.05) is 0 Å². The second kappa shape index (κ2) is 13.3. The van der Waals surface area contributed by atoms with Gasteiger partial charge in [-0.15, -0.1) is 0 Å². The number of hydrogen-bond acceptors (Lipinski definition) is 3. The van der Waals surface area contributed by atoms with E-state index < -0.39 is 0 Å². The Hall–Kier alpha value is -1.04. The Morgan fingerprint density at radius 1 is 0.897 bits per heavy atom. The van der Waals surface area contributed by atoms with Gasteiger partial charge in [-0.3, -0.25) is 4.79 Å². The van der Waals surface area contributed by atoms with Gasteiger partial charge in [0.05, 0.1) is 17.4 Å². The highest BCUT2D eigenvalue weighted by molar-refractivity contribution is 5.72. The first kappa shape index (κ1) is 24.2. The number of ether oxygens (including phenoxy) is 1. The standard InChI is InChI=1S/C26H45NO2/c1-3-5-7-8-10-18-26(21-27)19-16-24(17-20-26)29-25(28)23-14-12-22(13-15-23)11-9-6-4-2/h22-24H,3-20H2,1-2H3/t22-,23-,24-,26-. The molecule has 0 atom stereocenters. The lowest BCUT2D eigenvalue weighted by atomic mass is 9.71. The van der Waals surface area contributed by atoms with E-state index in [2.05, 4.69) is 19.9 Å². The van der Waals surface area contributed by atoms with E-state index in [1.165, 1.54) is 70.6 Å². The molecule has 0 saturated heterocycles. The van der Waals surface area contributed by atoms with E-state index in [1.807, 2.05) is 0 Å². The summed E-state index contributed by atoms with van der Waals surface area (Å²) in [6, 6.07) is 2.63. The average Bonchev–Trinajstić information content (AvgIpc) is 2.75. The van der Waals surface area contributed by atoms with Crippen molar-refractivity contribution in [2.24, 2.45) is 17.3 Å². The molecular weight excluding hydrogens is 358 g/mol. The SMILES string of the molecule is CCCCCCC[C@]1(C#N)CC[C@H](OC(=O)[C@H]2CC[C@H](CCCCC)CC2)CC1. The molecule has 0 N–H and O–H groups in total. The van der Waals surface area contributed by atoms with Crippen molar-refractivity contribution in [3.63, 3.8) is 0 Å². The van der Waals surface area contributed by atoms with Crippen molar-refractivity contribution >= 4 is 5.97 Å². The monoisotopic (exact) mass is 403 g/mol. The normalized spacial score (nSPS) is 29.9. The first-order valence-corrected chi connectivity index (χ1v) is 12.7. The first-order valence-electron chi connectivity index (χ1n) is 12.7. The van der Waals surface area contributed by atoms with Crippen LogP contribution in [0.4, 0.5) is 0 Å². The summed E-state index contributed by atoms with van der Waals surface area (Å²) in [5.41, 5.74) is -0.161. The zero-order valence-electron chi connectivity index (χ0n) is 19.2. The molecule has 0 bridgehead atoms. The van der Waals surface area contributed by atoms with E-state index >= 15 is 0 Å². The molecule has 3 nitrogen and oxygen atoms in total. The van der Waals surface area contributed by atoms with Gasteiger partial charge in [-0.2, -0.15) is 5.26 Å². The predicted octanol–water partition coefficient (Wildman–Crippen LogP) is 7.73. The van der Waals surface area contributed by atoms with Crippen LogP contribution in [0.3, 0.4) is 0 Å². The van der Waals surface area contributed by atoms with E-state index in [4.69, 9.17) is 4.74 Å². The maximum absolute atomic E-state index is 12.6. The fraction of sp³-hybridized carbons (Fsp3) is 0.923. The number of nitrogens with zero attached hydrogens (tertiary/aromatic N) is 1. The molecule has 2 fully saturated rings. The van der Waals surface area contributed by atoms with Crippen molar-refractivity contribution < 1.29 is 9.53 Å². The predicted molar refractivity (Wildman–Crippen MR) is 119 cm³/mol. The molecule has 29 heavy (non-hydrogen) atoms. The molecule has 0 aliphatic heterocycles. The van der Waals surface area contributed by atoms with Gasteiger partial charge in [-0.1, -0.05) is 71.6 Å². The molecule has 0 spiro atoms. The second-order valence-corrected chi connectivity index (χ2v) is 9.91. The van der Waals surface area contributed by atoms with Crippen molar-refractivity contribution in [2.75, 3.05) is 0 Å². The molecule has 0 heterocycles. The highest BCUT2D eigenvalue weighted by Gasteiger charge is 2.37. The van der Waals surface area contributed by atoms with E-state index in [0.717, 1.165) is 50.9 Å². The van der Waals surface area contributed by atoms with Gasteiger partial charge in [0.2, 0.25) is 0 Å². The minimum absolute atomic E-state index is 0.0473. The maximum Gasteiger partial charge on any atom is 0.309 e. The third-order valence-corrected chi connectivity index (χ3v) is 7.56. The largest absolute Gasteiger partial charge is 0.462 e. The lowest BCUT2D eigenvalue weighted by Gasteiger charge is -2.35. The summed E-state index contributed by atoms with van der Waals surface area (Å²) < 4.78 is 5.91. The van der Waals surface area contributed by atoms with Crippen molar-refractivity contribution in [1.82, 2.24) is 0 Å². The zero-order chi connectivity index (χ0) is 21.0. The molecule has 0 unspecified atom stereocenters. The van der Waals surface area contributed by atoms with Gasteiger partial charge in [0.25, 0.3) is 0 Å². The van der Waals surface area contributed by atoms with E-state index in [9.17, 15) is 10.1 Å². The molecule has 3 heteroatoms. The summed E-state index contributed by atoms with van der Waals surface area (Å²) in [7, 11) is 0. The van der Waals surface area contributed by atoms with Crippen LogP contribution in [0, 0.1) is 28.6 Å². The Morgan fingerprint density at radius 2 is 1.52 bits per heavy atom. The number of carbonyl (C=O) groups is 1. The number of esters is 1. The topological polar surface area (TPSA) is 50.1 Å². The van der Waals surface area contributed by atoms with E-state index in [-0.39, 0.29) is 23.4 Å². The van der Waals surface area contributed by atoms with E-state index in [1.54, 1.807) is 0 Å². The lowest BCUT2D eigenvalue weighted by molar-refractivity contribution is -0.158. The van der Waals surface area contributed by atoms with Crippen LogP contribution in [0.1, 0.15) is 129 Å². The van der Waals surface area contributed by atoms with E-state index in [0.29, 0.717) is 0 Å². The molecule has 2 aliphatic carbocycles. The molecular formula is C26H45NO2. The van der Waals surface area contributed by atoms with Gasteiger partial charge in [0.15, 0.2) is 0 Å². The van der Waals surface area contributed by atoms with Gasteiger partial charge < -0.3 is 4.74 Å². The third-order valence-electron chi connectivity index (χ3n) is 7.56. The number of nitriles is 1. The Balaban J connectivity index is 1.65. The zero-order valence-corrected chi connectivity index (χ0v) is 19.2. The summed E-state index contributed by atoms with van der Waals surface area (Å²) in [5.74, 6) is 0.999. The lowest BCUT2D eigenvalue weighted by Crippen LogP contribution is -2.33. The summed E-state index contributed by atoms with van der Waals surface area (Å²) in [5, 5.41) is 9.76. The summed E-state index contributed by atoms with van der Waals surface area (Å²) in [4.78, 5) is 12.6. The number of carbonyl (C=O) groups excluding carboxylic acids is 1.